The molecule has 0 N–H and O–H groups in total. The van der Waals surface area contributed by atoms with Gasteiger partial charge in [0.1, 0.15) is 0 Å². The van der Waals surface area contributed by atoms with Crippen LogP contribution in [0.15, 0.2) is 322 Å². The van der Waals surface area contributed by atoms with Gasteiger partial charge in [0.25, 0.3) is 0 Å². The first-order valence-electron chi connectivity index (χ1n) is 31.6. The molecular weight excluding hydrogens is 1100 g/mol. The number of nitrogens with zero attached hydrogens (tertiary/aromatic N) is 5. The van der Waals surface area contributed by atoms with Crippen molar-refractivity contribution >= 4 is 124 Å². The predicted octanol–water partition coefficient (Wildman–Crippen LogP) is 18.5. The largest absolute Gasteiger partial charge is 0.376 e. The molecule has 0 saturated carbocycles. The van der Waals surface area contributed by atoms with Crippen molar-refractivity contribution in [3.05, 3.63) is 322 Å². The smallest absolute Gasteiger partial charge is 0.329 e. The molecule has 0 unspecified atom stereocenters. The van der Waals surface area contributed by atoms with E-state index in [1.54, 1.807) is 0 Å². The van der Waals surface area contributed by atoms with Crippen LogP contribution >= 0.6 is 0 Å². The summed E-state index contributed by atoms with van der Waals surface area (Å²) in [5.74, 6) is 0. The van der Waals surface area contributed by atoms with Crippen LogP contribution in [-0.4, -0.2) is 27.4 Å². The summed E-state index contributed by atoms with van der Waals surface area (Å²) in [5.41, 5.74) is 31.6. The van der Waals surface area contributed by atoms with Gasteiger partial charge in [0.05, 0.1) is 33.1 Å². The van der Waals surface area contributed by atoms with Crippen LogP contribution in [0.25, 0.3) is 127 Å². The Morgan fingerprint density at radius 3 is 0.780 bits per heavy atom. The molecule has 5 nitrogen and oxygen atoms in total. The minimum absolute atomic E-state index is 0.0416. The molecule has 0 aliphatic carbocycles. The van der Waals surface area contributed by atoms with Crippen LogP contribution in [0.5, 0.6) is 0 Å². The summed E-state index contributed by atoms with van der Waals surface area (Å²) in [6.45, 7) is 0.160. The zero-order chi connectivity index (χ0) is 59.4. The van der Waals surface area contributed by atoms with E-state index in [4.69, 9.17) is 0 Å². The van der Waals surface area contributed by atoms with Gasteiger partial charge in [-0.15, -0.1) is 0 Å². The van der Waals surface area contributed by atoms with Crippen molar-refractivity contribution in [2.75, 3.05) is 9.62 Å². The third kappa shape index (κ3) is 7.14. The highest BCUT2D eigenvalue weighted by molar-refractivity contribution is 6.93. The molecule has 7 heterocycles. The first-order valence-corrected chi connectivity index (χ1v) is 31.6. The summed E-state index contributed by atoms with van der Waals surface area (Å²) in [6.07, 6.45) is 0. The minimum Gasteiger partial charge on any atom is -0.376 e. The molecule has 4 aliphatic heterocycles. The third-order valence-electron chi connectivity index (χ3n) is 20.1. The average molecular weight is 1150 g/mol. The topological polar surface area (TPSA) is 21.3 Å². The summed E-state index contributed by atoms with van der Waals surface area (Å²) in [7, 11) is 0. The Kier molecular flexibility index (Phi) is 10.7. The maximum Gasteiger partial charge on any atom is 0.329 e. The van der Waals surface area contributed by atoms with E-state index in [0.29, 0.717) is 0 Å². The molecule has 91 heavy (non-hydrogen) atoms. The fourth-order valence-electron chi connectivity index (χ4n) is 16.4. The normalized spacial score (nSPS) is 13.0. The first-order chi connectivity index (χ1) is 45.2. The van der Waals surface area contributed by atoms with Gasteiger partial charge in [0.2, 0.25) is 0 Å². The van der Waals surface area contributed by atoms with E-state index in [9.17, 15) is 0 Å². The second kappa shape index (κ2) is 19.4. The molecule has 17 aromatic rings. The molecule has 0 fully saturated rings. The van der Waals surface area contributed by atoms with Crippen LogP contribution in [0, 0.1) is 0 Å². The molecule has 14 aromatic carbocycles. The van der Waals surface area contributed by atoms with Gasteiger partial charge in [0.15, 0.2) is 0 Å². The fourth-order valence-corrected chi connectivity index (χ4v) is 16.4. The Balaban J connectivity index is 0.000000132. The zero-order valence-corrected chi connectivity index (χ0v) is 49.5. The number of fused-ring (bicyclic) bond motifs is 31. The number of anilines is 4. The quantitative estimate of drug-likeness (QED) is 0.164. The van der Waals surface area contributed by atoms with Gasteiger partial charge in [0, 0.05) is 94.4 Å². The summed E-state index contributed by atoms with van der Waals surface area (Å²) < 4.78 is 7.28. The highest BCUT2D eigenvalue weighted by atomic mass is 15.1. The number of hydrogen-bond acceptors (Lipinski definition) is 2. The van der Waals surface area contributed by atoms with Crippen molar-refractivity contribution < 1.29 is 0 Å². The van der Waals surface area contributed by atoms with Crippen LogP contribution in [0.4, 0.5) is 22.7 Å². The third-order valence-corrected chi connectivity index (χ3v) is 20.1. The Morgan fingerprint density at radius 2 is 0.418 bits per heavy atom. The average Bonchev–Trinajstić information content (AvgIpc) is 1.64. The molecule has 0 amide bonds. The van der Waals surface area contributed by atoms with Gasteiger partial charge < -0.3 is 23.3 Å². The summed E-state index contributed by atoms with van der Waals surface area (Å²) >= 11 is 0. The van der Waals surface area contributed by atoms with E-state index >= 15 is 0 Å². The lowest BCUT2D eigenvalue weighted by Gasteiger charge is -2.43. The lowest BCUT2D eigenvalue weighted by molar-refractivity contribution is 1.17. The standard InChI is InChI=1S/C48H30BN3.C36H23BN2/c1-7-19-41-33(13-1)40-30-32(51-45-22-10-4-16-36(45)37-17-5-11-23-46(37)51)26-28-48(40)52-47-24-12-6-18-38(47)39-29-31(25-27-42(39)49(41)52)50-43-20-8-2-14-34(43)35-15-3-9-21-44(35)50;1-6-16-31-25(11-1)26-12-4-9-19-35(26)39-36-20-10-5-15-29(36)30-23-24(21-22-32(30)37(31)39)38-33-17-7-2-13-27(33)28-14-3-8-18-34(28)38/h1-30H;1-23H. The molecule has 0 radical (unpaired) electrons. The highest BCUT2D eigenvalue weighted by Gasteiger charge is 2.44. The summed E-state index contributed by atoms with van der Waals surface area (Å²) in [4.78, 5) is 5.14. The zero-order valence-electron chi connectivity index (χ0n) is 49.5. The van der Waals surface area contributed by atoms with Gasteiger partial charge in [-0.05, 0) is 141 Å². The van der Waals surface area contributed by atoms with Crippen LogP contribution in [-0.2, 0) is 0 Å². The Bertz CT molecular complexity index is 5560. The van der Waals surface area contributed by atoms with E-state index in [1.807, 2.05) is 0 Å². The Morgan fingerprint density at radius 1 is 0.176 bits per heavy atom. The lowest BCUT2D eigenvalue weighted by atomic mass is 9.43. The van der Waals surface area contributed by atoms with E-state index in [2.05, 4.69) is 345 Å². The SMILES string of the molecule is c1ccc2c(c1)B1c3ccc(-n4c5ccccc5c5ccccc54)cc3-c3ccccc3N1c1ccc(-n3c4ccccc4c4ccccc43)cc1-2.c1ccc2c(c1)B1c3ccc(-n4c5ccccc5c5ccccc54)cc3-c3ccccc3N1c1ccccc1-2. The van der Waals surface area contributed by atoms with Crippen molar-refractivity contribution in [2.24, 2.45) is 0 Å². The fraction of sp³-hybridized carbons (Fsp3) is 0. The molecular formula is C84H53B2N5. The van der Waals surface area contributed by atoms with Crippen LogP contribution in [0.1, 0.15) is 0 Å². The molecule has 0 atom stereocenters. The van der Waals surface area contributed by atoms with E-state index < -0.39 is 0 Å². The summed E-state index contributed by atoms with van der Waals surface area (Å²) in [5, 5.41) is 7.68. The van der Waals surface area contributed by atoms with Crippen molar-refractivity contribution in [1.82, 2.24) is 13.7 Å². The number of para-hydroxylation sites is 9. The van der Waals surface area contributed by atoms with Crippen LogP contribution < -0.4 is 31.5 Å². The second-order valence-electron chi connectivity index (χ2n) is 24.6. The minimum atomic E-state index is 0.0416. The van der Waals surface area contributed by atoms with Gasteiger partial charge in [-0.25, -0.2) is 0 Å². The molecule has 0 saturated heterocycles. The van der Waals surface area contributed by atoms with E-state index in [0.717, 1.165) is 0 Å². The van der Waals surface area contributed by atoms with E-state index in [1.165, 1.54) is 172 Å². The number of rotatable bonds is 3. The maximum absolute atomic E-state index is 2.59. The highest BCUT2D eigenvalue weighted by Crippen LogP contribution is 2.50. The maximum atomic E-state index is 2.59. The number of benzene rings is 14. The molecule has 21 rings (SSSR count). The van der Waals surface area contributed by atoms with Gasteiger partial charge >= 0.3 is 13.7 Å². The van der Waals surface area contributed by atoms with Gasteiger partial charge in [-0.2, -0.15) is 0 Å². The van der Waals surface area contributed by atoms with Crippen LogP contribution in [0.2, 0.25) is 0 Å². The van der Waals surface area contributed by atoms with Crippen molar-refractivity contribution in [1.29, 1.82) is 0 Å². The molecule has 3 aromatic heterocycles. The summed E-state index contributed by atoms with van der Waals surface area (Å²) in [6, 6.07) is 118. The Hall–Kier alpha value is -11.8. The van der Waals surface area contributed by atoms with E-state index in [-0.39, 0.29) is 13.7 Å². The molecule has 420 valence electrons. The number of aromatic nitrogens is 3. The predicted molar refractivity (Wildman–Crippen MR) is 385 cm³/mol. The van der Waals surface area contributed by atoms with Crippen molar-refractivity contribution in [2.45, 2.75) is 0 Å². The van der Waals surface area contributed by atoms with Gasteiger partial charge in [-0.1, -0.05) is 224 Å². The van der Waals surface area contributed by atoms with Crippen molar-refractivity contribution in [3.63, 3.8) is 0 Å². The number of hydrogen-bond donors (Lipinski definition) is 0. The second-order valence-corrected chi connectivity index (χ2v) is 24.6. The Labute approximate surface area is 527 Å². The van der Waals surface area contributed by atoms with Gasteiger partial charge in [-0.3, -0.25) is 0 Å². The molecule has 0 bridgehead atoms. The molecule has 4 aliphatic rings. The lowest BCUT2D eigenvalue weighted by Crippen LogP contribution is -2.59. The molecule has 7 heteroatoms. The monoisotopic (exact) mass is 1150 g/mol. The van der Waals surface area contributed by atoms with Crippen molar-refractivity contribution in [3.8, 4) is 61.6 Å². The first kappa shape index (κ1) is 50.2. The van der Waals surface area contributed by atoms with Crippen LogP contribution in [0.3, 0.4) is 0 Å². The molecule has 0 spiro atoms.